The van der Waals surface area contributed by atoms with Crippen molar-refractivity contribution in [3.8, 4) is 0 Å². The van der Waals surface area contributed by atoms with Gasteiger partial charge in [0.1, 0.15) is 11.6 Å². The molecule has 22 heavy (non-hydrogen) atoms. The second-order valence-corrected chi connectivity index (χ2v) is 5.58. The van der Waals surface area contributed by atoms with Gasteiger partial charge in [-0.3, -0.25) is 9.20 Å². The molecule has 0 aliphatic heterocycles. The molecule has 0 spiro atoms. The fourth-order valence-electron chi connectivity index (χ4n) is 2.64. The van der Waals surface area contributed by atoms with Gasteiger partial charge in [-0.2, -0.15) is 0 Å². The smallest absolute Gasteiger partial charge is 0.277 e. The third-order valence-electron chi connectivity index (χ3n) is 4.04. The Kier molecular flexibility index (Phi) is 2.92. The van der Waals surface area contributed by atoms with Crippen molar-refractivity contribution in [3.63, 3.8) is 0 Å². The Morgan fingerprint density at radius 1 is 1.41 bits per heavy atom. The summed E-state index contributed by atoms with van der Waals surface area (Å²) in [4.78, 5) is 12.2. The largest absolute Gasteiger partial charge is 0.361 e. The summed E-state index contributed by atoms with van der Waals surface area (Å²) in [7, 11) is 0. The molecule has 0 bridgehead atoms. The maximum absolute atomic E-state index is 12.2. The highest BCUT2D eigenvalue weighted by atomic mass is 16.5. The number of hydrogen-bond donors (Lipinski definition) is 1. The van der Waals surface area contributed by atoms with E-state index >= 15 is 0 Å². The number of nitrogens with one attached hydrogen (secondary N) is 1. The summed E-state index contributed by atoms with van der Waals surface area (Å²) >= 11 is 0. The van der Waals surface area contributed by atoms with E-state index in [1.54, 1.807) is 19.1 Å². The third kappa shape index (κ3) is 2.05. The van der Waals surface area contributed by atoms with Crippen molar-refractivity contribution in [1.82, 2.24) is 19.8 Å². The number of carbonyl (C=O) groups excluding carboxylic acids is 1. The van der Waals surface area contributed by atoms with Crippen LogP contribution < -0.4 is 5.32 Å². The van der Waals surface area contributed by atoms with Gasteiger partial charge in [-0.25, -0.2) is 0 Å². The number of aryl methyl sites for hydroxylation is 1. The lowest BCUT2D eigenvalue weighted by Crippen LogP contribution is -2.14. The van der Waals surface area contributed by atoms with Crippen LogP contribution in [0.2, 0.25) is 0 Å². The monoisotopic (exact) mass is 297 g/mol. The summed E-state index contributed by atoms with van der Waals surface area (Å²) in [6, 6.07) is 5.28. The summed E-state index contributed by atoms with van der Waals surface area (Å²) in [5, 5.41) is 15.1. The van der Waals surface area contributed by atoms with E-state index in [9.17, 15) is 4.79 Å². The maximum atomic E-state index is 12.2. The Hall–Kier alpha value is -2.70. The zero-order chi connectivity index (χ0) is 15.1. The Morgan fingerprint density at radius 2 is 2.27 bits per heavy atom. The minimum Gasteiger partial charge on any atom is -0.361 e. The van der Waals surface area contributed by atoms with Crippen LogP contribution in [-0.2, 0) is 0 Å². The van der Waals surface area contributed by atoms with Gasteiger partial charge in [-0.15, -0.1) is 10.2 Å². The lowest BCUT2D eigenvalue weighted by atomic mass is 9.85. The van der Waals surface area contributed by atoms with Crippen LogP contribution in [0, 0.1) is 6.92 Å². The molecule has 1 aliphatic rings. The van der Waals surface area contributed by atoms with Crippen molar-refractivity contribution in [2.45, 2.75) is 32.1 Å². The Bertz CT molecular complexity index is 847. The molecule has 3 aromatic rings. The standard InChI is InChI=1S/C15H15N5O2/c1-9-8-12(19-22-9)15(21)16-11-6-3-7-20-13(10-4-2-5-10)17-18-14(11)20/h3,6-8,10H,2,4-5H2,1H3,(H,16,21). The number of hydrogen-bond acceptors (Lipinski definition) is 5. The van der Waals surface area contributed by atoms with Crippen LogP contribution in [-0.4, -0.2) is 25.7 Å². The van der Waals surface area contributed by atoms with Crippen molar-refractivity contribution in [3.05, 3.63) is 41.7 Å². The Labute approximate surface area is 126 Å². The molecular weight excluding hydrogens is 282 g/mol. The van der Waals surface area contributed by atoms with E-state index in [4.69, 9.17) is 4.52 Å². The minimum atomic E-state index is -0.321. The van der Waals surface area contributed by atoms with Gasteiger partial charge in [0, 0.05) is 18.2 Å². The molecule has 0 saturated heterocycles. The molecule has 7 heteroatoms. The van der Waals surface area contributed by atoms with Crippen LogP contribution in [0.25, 0.3) is 5.65 Å². The zero-order valence-corrected chi connectivity index (χ0v) is 12.1. The number of anilines is 1. The van der Waals surface area contributed by atoms with Crippen LogP contribution in [0.1, 0.15) is 47.3 Å². The van der Waals surface area contributed by atoms with E-state index in [-0.39, 0.29) is 11.6 Å². The Balaban J connectivity index is 1.67. The summed E-state index contributed by atoms with van der Waals surface area (Å²) in [6.07, 6.45) is 5.46. The van der Waals surface area contributed by atoms with Crippen molar-refractivity contribution in [1.29, 1.82) is 0 Å². The second-order valence-electron chi connectivity index (χ2n) is 5.58. The first-order valence-electron chi connectivity index (χ1n) is 7.30. The number of rotatable bonds is 3. The highest BCUT2D eigenvalue weighted by Gasteiger charge is 2.25. The van der Waals surface area contributed by atoms with Gasteiger partial charge in [0.05, 0.1) is 5.69 Å². The lowest BCUT2D eigenvalue weighted by Gasteiger charge is -2.23. The van der Waals surface area contributed by atoms with Gasteiger partial charge < -0.3 is 9.84 Å². The van der Waals surface area contributed by atoms with Crippen LogP contribution >= 0.6 is 0 Å². The zero-order valence-electron chi connectivity index (χ0n) is 12.1. The molecule has 3 aromatic heterocycles. The van der Waals surface area contributed by atoms with Gasteiger partial charge in [0.15, 0.2) is 11.3 Å². The normalized spacial score (nSPS) is 15.0. The molecule has 1 aliphatic carbocycles. The Morgan fingerprint density at radius 3 is 2.95 bits per heavy atom. The average molecular weight is 297 g/mol. The molecule has 7 nitrogen and oxygen atoms in total. The first-order chi connectivity index (χ1) is 10.7. The summed E-state index contributed by atoms with van der Waals surface area (Å²) in [5.41, 5.74) is 1.52. The molecule has 1 amide bonds. The van der Waals surface area contributed by atoms with Crippen molar-refractivity contribution in [2.24, 2.45) is 0 Å². The van der Waals surface area contributed by atoms with Gasteiger partial charge >= 0.3 is 0 Å². The lowest BCUT2D eigenvalue weighted by molar-refractivity contribution is 0.101. The van der Waals surface area contributed by atoms with Crippen LogP contribution in [0.15, 0.2) is 28.9 Å². The first kappa shape index (κ1) is 13.0. The van der Waals surface area contributed by atoms with E-state index < -0.39 is 0 Å². The number of aromatic nitrogens is 4. The molecule has 112 valence electrons. The first-order valence-corrected chi connectivity index (χ1v) is 7.30. The predicted molar refractivity (Wildman–Crippen MR) is 78.8 cm³/mol. The fraction of sp³-hybridized carbons (Fsp3) is 0.333. The van der Waals surface area contributed by atoms with E-state index in [0.29, 0.717) is 23.0 Å². The van der Waals surface area contributed by atoms with Crippen molar-refractivity contribution < 1.29 is 9.32 Å². The molecule has 0 aromatic carbocycles. The molecular formula is C15H15N5O2. The van der Waals surface area contributed by atoms with E-state index in [1.165, 1.54) is 6.42 Å². The molecule has 4 rings (SSSR count). The molecule has 1 fully saturated rings. The molecule has 0 radical (unpaired) electrons. The van der Waals surface area contributed by atoms with E-state index in [0.717, 1.165) is 18.7 Å². The number of carbonyl (C=O) groups is 1. The van der Waals surface area contributed by atoms with E-state index in [2.05, 4.69) is 20.7 Å². The van der Waals surface area contributed by atoms with Crippen molar-refractivity contribution in [2.75, 3.05) is 5.32 Å². The topological polar surface area (TPSA) is 85.3 Å². The quantitative estimate of drug-likeness (QED) is 0.803. The number of pyridine rings is 1. The fourth-order valence-corrected chi connectivity index (χ4v) is 2.64. The van der Waals surface area contributed by atoms with Gasteiger partial charge in [-0.1, -0.05) is 11.6 Å². The maximum Gasteiger partial charge on any atom is 0.277 e. The molecule has 3 heterocycles. The summed E-state index contributed by atoms with van der Waals surface area (Å²) < 4.78 is 6.88. The number of amides is 1. The van der Waals surface area contributed by atoms with E-state index in [1.807, 2.05) is 16.7 Å². The van der Waals surface area contributed by atoms with Crippen molar-refractivity contribution >= 4 is 17.2 Å². The molecule has 0 unspecified atom stereocenters. The number of fused-ring (bicyclic) bond motifs is 1. The second kappa shape index (κ2) is 4.94. The highest BCUT2D eigenvalue weighted by molar-refractivity contribution is 6.04. The average Bonchev–Trinajstić information content (AvgIpc) is 3.05. The third-order valence-corrected chi connectivity index (χ3v) is 4.04. The summed E-state index contributed by atoms with van der Waals surface area (Å²) in [6.45, 7) is 1.74. The molecule has 1 saturated carbocycles. The molecule has 1 N–H and O–H groups in total. The highest BCUT2D eigenvalue weighted by Crippen LogP contribution is 2.35. The SMILES string of the molecule is Cc1cc(C(=O)Nc2cccn3c(C4CCC4)nnc23)no1. The van der Waals surface area contributed by atoms with Crippen LogP contribution in [0.4, 0.5) is 5.69 Å². The van der Waals surface area contributed by atoms with Crippen LogP contribution in [0.5, 0.6) is 0 Å². The van der Waals surface area contributed by atoms with Gasteiger partial charge in [-0.05, 0) is 31.9 Å². The summed E-state index contributed by atoms with van der Waals surface area (Å²) in [5.74, 6) is 1.71. The van der Waals surface area contributed by atoms with Crippen LogP contribution in [0.3, 0.4) is 0 Å². The molecule has 0 atom stereocenters. The van der Waals surface area contributed by atoms with Gasteiger partial charge in [0.2, 0.25) is 0 Å². The van der Waals surface area contributed by atoms with Gasteiger partial charge in [0.25, 0.3) is 5.91 Å². The predicted octanol–water partition coefficient (Wildman–Crippen LogP) is 2.55. The number of nitrogens with zero attached hydrogens (tertiary/aromatic N) is 4. The minimum absolute atomic E-state index is 0.248.